The van der Waals surface area contributed by atoms with Crippen molar-refractivity contribution in [1.29, 1.82) is 0 Å². The Kier molecular flexibility index (Phi) is 3.07. The number of hydrogen-bond acceptors (Lipinski definition) is 7. The average molecular weight is 287 g/mol. The largest absolute Gasteiger partial charge is 0.497 e. The number of tetrazole rings is 1. The third kappa shape index (κ3) is 2.31. The molecule has 1 N–H and O–H groups in total. The Morgan fingerprint density at radius 2 is 2.19 bits per heavy atom. The Labute approximate surface area is 117 Å². The number of carboxylic acid groups (broad SMARTS) is 1. The normalized spacial score (nSPS) is 10.5. The molecule has 2 aromatic heterocycles. The van der Waals surface area contributed by atoms with Crippen molar-refractivity contribution < 1.29 is 19.4 Å². The zero-order valence-corrected chi connectivity index (χ0v) is 10.8. The lowest BCUT2D eigenvalue weighted by molar-refractivity contribution is 0.0693. The summed E-state index contributed by atoms with van der Waals surface area (Å²) >= 11 is 0. The second-order valence-electron chi connectivity index (χ2n) is 3.96. The minimum atomic E-state index is -1.14. The van der Waals surface area contributed by atoms with Crippen molar-refractivity contribution in [3.63, 3.8) is 0 Å². The molecule has 9 nitrogen and oxygen atoms in total. The van der Waals surface area contributed by atoms with Crippen LogP contribution in [0.1, 0.15) is 10.4 Å². The van der Waals surface area contributed by atoms with Gasteiger partial charge in [0.1, 0.15) is 17.1 Å². The summed E-state index contributed by atoms with van der Waals surface area (Å²) in [5.41, 5.74) is 0.345. The minimum Gasteiger partial charge on any atom is -0.497 e. The zero-order chi connectivity index (χ0) is 14.8. The number of fused-ring (bicyclic) bond motifs is 1. The van der Waals surface area contributed by atoms with E-state index in [1.807, 2.05) is 0 Å². The third-order valence-electron chi connectivity index (χ3n) is 2.71. The van der Waals surface area contributed by atoms with Gasteiger partial charge in [-0.05, 0) is 28.6 Å². The standard InChI is InChI=1S/C12H9N5O4/c1-20-7-2-3-9(8(4-7)12(18)19)21-11-6-13-5-10-14-15-16-17(10)11/h2-6H,1H3,(H,18,19). The van der Waals surface area contributed by atoms with E-state index in [9.17, 15) is 9.90 Å². The molecular weight excluding hydrogens is 278 g/mol. The molecule has 0 spiro atoms. The van der Waals surface area contributed by atoms with Crippen molar-refractivity contribution in [3.8, 4) is 17.4 Å². The van der Waals surface area contributed by atoms with Gasteiger partial charge < -0.3 is 14.6 Å². The van der Waals surface area contributed by atoms with Crippen molar-refractivity contribution in [1.82, 2.24) is 25.0 Å². The van der Waals surface area contributed by atoms with Crippen LogP contribution in [0.2, 0.25) is 0 Å². The first-order chi connectivity index (χ1) is 10.2. The Hall–Kier alpha value is -3.23. The average Bonchev–Trinajstić information content (AvgIpc) is 2.97. The molecule has 0 aliphatic heterocycles. The predicted molar refractivity (Wildman–Crippen MR) is 68.6 cm³/mol. The van der Waals surface area contributed by atoms with Crippen LogP contribution < -0.4 is 9.47 Å². The molecule has 9 heteroatoms. The van der Waals surface area contributed by atoms with Gasteiger partial charge in [-0.1, -0.05) is 0 Å². The Bertz CT molecular complexity index is 816. The summed E-state index contributed by atoms with van der Waals surface area (Å²) < 4.78 is 11.9. The summed E-state index contributed by atoms with van der Waals surface area (Å²) in [6.07, 6.45) is 2.85. The number of carboxylic acids is 1. The van der Waals surface area contributed by atoms with Crippen molar-refractivity contribution in [2.75, 3.05) is 7.11 Å². The molecule has 0 aliphatic carbocycles. The number of ether oxygens (including phenoxy) is 2. The quantitative estimate of drug-likeness (QED) is 0.756. The number of hydrogen-bond donors (Lipinski definition) is 1. The SMILES string of the molecule is COc1ccc(Oc2cncc3nnnn23)c(C(=O)O)c1. The van der Waals surface area contributed by atoms with Gasteiger partial charge in [0.25, 0.3) is 0 Å². The van der Waals surface area contributed by atoms with E-state index < -0.39 is 5.97 Å². The summed E-state index contributed by atoms with van der Waals surface area (Å²) in [7, 11) is 1.45. The number of methoxy groups -OCH3 is 1. The van der Waals surface area contributed by atoms with Crippen LogP contribution in [0.25, 0.3) is 5.65 Å². The van der Waals surface area contributed by atoms with Crippen LogP contribution >= 0.6 is 0 Å². The third-order valence-corrected chi connectivity index (χ3v) is 2.71. The molecule has 3 rings (SSSR count). The molecular formula is C12H9N5O4. The highest BCUT2D eigenvalue weighted by molar-refractivity contribution is 5.91. The van der Waals surface area contributed by atoms with Gasteiger partial charge in [-0.3, -0.25) is 4.98 Å². The first-order valence-electron chi connectivity index (χ1n) is 5.80. The van der Waals surface area contributed by atoms with E-state index in [-0.39, 0.29) is 17.2 Å². The van der Waals surface area contributed by atoms with E-state index in [0.29, 0.717) is 11.4 Å². The van der Waals surface area contributed by atoms with Crippen LogP contribution in [0.5, 0.6) is 17.4 Å². The Morgan fingerprint density at radius 1 is 1.33 bits per heavy atom. The molecule has 2 heterocycles. The fourth-order valence-electron chi connectivity index (χ4n) is 1.73. The van der Waals surface area contributed by atoms with Crippen LogP contribution in [0.3, 0.4) is 0 Å². The number of benzene rings is 1. The molecule has 3 aromatic rings. The number of nitrogens with zero attached hydrogens (tertiary/aromatic N) is 5. The number of rotatable bonds is 4. The van der Waals surface area contributed by atoms with E-state index in [1.54, 1.807) is 6.07 Å². The van der Waals surface area contributed by atoms with Crippen LogP contribution in [-0.4, -0.2) is 43.2 Å². The van der Waals surface area contributed by atoms with Gasteiger partial charge in [0, 0.05) is 0 Å². The van der Waals surface area contributed by atoms with Gasteiger partial charge in [-0.15, -0.1) is 5.10 Å². The van der Waals surface area contributed by atoms with E-state index in [1.165, 1.54) is 36.2 Å². The maximum absolute atomic E-state index is 11.3. The van der Waals surface area contributed by atoms with Crippen LogP contribution in [0.15, 0.2) is 30.6 Å². The number of aromatic nitrogens is 5. The summed E-state index contributed by atoms with van der Waals surface area (Å²) in [6, 6.07) is 4.45. The maximum Gasteiger partial charge on any atom is 0.339 e. The molecule has 0 saturated carbocycles. The lowest BCUT2D eigenvalue weighted by Crippen LogP contribution is -2.03. The van der Waals surface area contributed by atoms with Gasteiger partial charge in [-0.25, -0.2) is 4.79 Å². The molecule has 106 valence electrons. The predicted octanol–water partition coefficient (Wildman–Crippen LogP) is 1.02. The summed E-state index contributed by atoms with van der Waals surface area (Å²) in [6.45, 7) is 0. The van der Waals surface area contributed by atoms with Crippen molar-refractivity contribution >= 4 is 11.6 Å². The molecule has 0 atom stereocenters. The van der Waals surface area contributed by atoms with E-state index in [2.05, 4.69) is 20.5 Å². The van der Waals surface area contributed by atoms with Gasteiger partial charge in [-0.2, -0.15) is 4.52 Å². The second kappa shape index (κ2) is 5.04. The first kappa shape index (κ1) is 12.8. The van der Waals surface area contributed by atoms with Crippen LogP contribution in [0, 0.1) is 0 Å². The van der Waals surface area contributed by atoms with Gasteiger partial charge in [0.15, 0.2) is 0 Å². The monoisotopic (exact) mass is 287 g/mol. The molecule has 0 radical (unpaired) electrons. The van der Waals surface area contributed by atoms with E-state index in [0.717, 1.165) is 0 Å². The fraction of sp³-hybridized carbons (Fsp3) is 0.0833. The molecule has 1 aromatic carbocycles. The van der Waals surface area contributed by atoms with Crippen molar-refractivity contribution in [3.05, 3.63) is 36.2 Å². The molecule has 0 saturated heterocycles. The van der Waals surface area contributed by atoms with Gasteiger partial charge in [0.2, 0.25) is 11.5 Å². The summed E-state index contributed by atoms with van der Waals surface area (Å²) in [4.78, 5) is 15.2. The number of carbonyl (C=O) groups is 1. The fourth-order valence-corrected chi connectivity index (χ4v) is 1.73. The van der Waals surface area contributed by atoms with E-state index in [4.69, 9.17) is 9.47 Å². The lowest BCUT2D eigenvalue weighted by atomic mass is 10.2. The minimum absolute atomic E-state index is 0.0422. The highest BCUT2D eigenvalue weighted by atomic mass is 16.5. The Morgan fingerprint density at radius 3 is 2.95 bits per heavy atom. The van der Waals surface area contributed by atoms with Crippen LogP contribution in [-0.2, 0) is 0 Å². The molecule has 21 heavy (non-hydrogen) atoms. The summed E-state index contributed by atoms with van der Waals surface area (Å²) in [5, 5.41) is 20.2. The zero-order valence-electron chi connectivity index (χ0n) is 10.8. The van der Waals surface area contributed by atoms with Gasteiger partial charge in [0.05, 0.1) is 19.5 Å². The van der Waals surface area contributed by atoms with Gasteiger partial charge >= 0.3 is 5.97 Å². The topological polar surface area (TPSA) is 112 Å². The maximum atomic E-state index is 11.3. The molecule has 0 fully saturated rings. The van der Waals surface area contributed by atoms with Crippen LogP contribution in [0.4, 0.5) is 0 Å². The lowest BCUT2D eigenvalue weighted by Gasteiger charge is -2.10. The highest BCUT2D eigenvalue weighted by Gasteiger charge is 2.15. The molecule has 0 unspecified atom stereocenters. The summed E-state index contributed by atoms with van der Waals surface area (Å²) in [5.74, 6) is -0.391. The van der Waals surface area contributed by atoms with Crippen molar-refractivity contribution in [2.45, 2.75) is 0 Å². The second-order valence-corrected chi connectivity index (χ2v) is 3.96. The molecule has 0 aliphatic rings. The smallest absolute Gasteiger partial charge is 0.339 e. The van der Waals surface area contributed by atoms with Crippen molar-refractivity contribution in [2.24, 2.45) is 0 Å². The molecule has 0 bridgehead atoms. The Balaban J connectivity index is 2.05. The van der Waals surface area contributed by atoms with E-state index >= 15 is 0 Å². The first-order valence-corrected chi connectivity index (χ1v) is 5.80. The highest BCUT2D eigenvalue weighted by Crippen LogP contribution is 2.28. The molecule has 0 amide bonds. The number of aromatic carboxylic acids is 1.